The van der Waals surface area contributed by atoms with Gasteiger partial charge in [-0.2, -0.15) is 0 Å². The molecule has 20 heteroatoms. The van der Waals surface area contributed by atoms with Gasteiger partial charge in [-0.05, 0) is 90.1 Å². The van der Waals surface area contributed by atoms with Crippen LogP contribution in [0.1, 0.15) is 10.0 Å². The van der Waals surface area contributed by atoms with Gasteiger partial charge in [-0.25, -0.2) is 24.7 Å². The van der Waals surface area contributed by atoms with Crippen LogP contribution in [0.4, 0.5) is 39.2 Å². The minimum Gasteiger partial charge on any atom is -0.465 e. The van der Waals surface area contributed by atoms with Crippen molar-refractivity contribution in [3.05, 3.63) is 127 Å². The van der Waals surface area contributed by atoms with E-state index in [9.17, 15) is 14.4 Å². The Morgan fingerprint density at radius 3 is 1.52 bits per heavy atom. The predicted molar refractivity (Wildman–Crippen MR) is 265 cm³/mol. The van der Waals surface area contributed by atoms with Crippen molar-refractivity contribution in [2.45, 2.75) is 12.8 Å². The van der Waals surface area contributed by atoms with Crippen LogP contribution in [-0.2, 0) is 22.3 Å². The minimum atomic E-state index is -1.06. The zero-order valence-corrected chi connectivity index (χ0v) is 37.9. The number of rotatable bonds is 13. The number of nitrogens with zero attached hydrogens (tertiary/aromatic N) is 6. The molecule has 8 heterocycles. The predicted octanol–water partition coefficient (Wildman–Crippen LogP) is 6.56. The molecule has 18 nitrogen and oxygen atoms in total. The van der Waals surface area contributed by atoms with Crippen molar-refractivity contribution in [3.63, 3.8) is 0 Å². The highest BCUT2D eigenvalue weighted by molar-refractivity contribution is 7.10. The Bertz CT molecular complexity index is 3090. The van der Waals surface area contributed by atoms with E-state index in [4.69, 9.17) is 30.3 Å². The normalized spacial score (nSPS) is 13.9. The minimum absolute atomic E-state index is 0.184. The van der Waals surface area contributed by atoms with E-state index < -0.39 is 6.09 Å². The third kappa shape index (κ3) is 10.9. The lowest BCUT2D eigenvalue weighted by atomic mass is 10.1. The van der Waals surface area contributed by atoms with Crippen LogP contribution in [0.2, 0.25) is 0 Å². The number of H-pyrrole nitrogens is 2. The largest absolute Gasteiger partial charge is 0.465 e. The summed E-state index contributed by atoms with van der Waals surface area (Å²) < 4.78 is 10.9. The maximum Gasteiger partial charge on any atom is 0.404 e. The van der Waals surface area contributed by atoms with Gasteiger partial charge in [0.05, 0.1) is 70.0 Å². The van der Waals surface area contributed by atoms with Crippen LogP contribution in [0.3, 0.4) is 0 Å². The van der Waals surface area contributed by atoms with Crippen molar-refractivity contribution in [1.29, 1.82) is 0 Å². The third-order valence-electron chi connectivity index (χ3n) is 11.1. The number of aromatic nitrogens is 6. The molecule has 344 valence electrons. The number of thiazole rings is 2. The molecular formula is C47H48N12O6S2. The molecule has 10 rings (SSSR count). The summed E-state index contributed by atoms with van der Waals surface area (Å²) >= 11 is 3.01. The van der Waals surface area contributed by atoms with E-state index in [2.05, 4.69) is 57.8 Å². The Labute approximate surface area is 391 Å². The number of aromatic amines is 2. The number of hydrogen-bond acceptors (Lipinski definition) is 16. The molecule has 8 N–H and O–H groups in total. The van der Waals surface area contributed by atoms with Gasteiger partial charge in [0, 0.05) is 91.5 Å². The molecule has 2 aliphatic rings. The second kappa shape index (κ2) is 20.9. The standard InChI is InChI=1S/C24H24N6O4S.C23H24N6O2S/c31-23-21-15(5-7-25-23)13-18(19-14-35-20(28-19)6-8-26-24(32)33)29-22(21)27-16-1-3-17(4-2-16)30-9-11-34-12-10-30;24-7-5-20-27-19(14-32-20)18-13-15-6-8-25-23(30)21(15)22(28-18)26-16-1-3-17(4-2-16)29-9-11-31-12-10-29/h1-5,7,13-14,26H,6,8-12H2,(H,25,31)(H,27,29)(H,32,33);1-4,6,8,13-14H,5,7,9-12,24H2,(H,25,30)(H,26,28). The second-order valence-corrected chi connectivity index (χ2v) is 17.5. The highest BCUT2D eigenvalue weighted by Crippen LogP contribution is 2.31. The molecule has 67 heavy (non-hydrogen) atoms. The van der Waals surface area contributed by atoms with Crippen molar-refractivity contribution >= 4 is 84.7 Å². The van der Waals surface area contributed by atoms with Crippen LogP contribution in [0.15, 0.2) is 106 Å². The first-order valence-corrected chi connectivity index (χ1v) is 23.5. The molecular weight excluding hydrogens is 893 g/mol. The van der Waals surface area contributed by atoms with Gasteiger partial charge in [0.1, 0.15) is 11.6 Å². The van der Waals surface area contributed by atoms with E-state index in [0.29, 0.717) is 46.8 Å². The number of nitrogens with one attached hydrogen (secondary N) is 5. The zero-order chi connectivity index (χ0) is 46.1. The maximum atomic E-state index is 12.7. The van der Waals surface area contributed by atoms with Crippen LogP contribution < -0.4 is 42.6 Å². The molecule has 0 unspecified atom stereocenters. The monoisotopic (exact) mass is 940 g/mol. The van der Waals surface area contributed by atoms with Crippen LogP contribution in [0.25, 0.3) is 44.3 Å². The van der Waals surface area contributed by atoms with Crippen LogP contribution in [0.5, 0.6) is 0 Å². The van der Waals surface area contributed by atoms with Crippen molar-refractivity contribution in [3.8, 4) is 22.8 Å². The Morgan fingerprint density at radius 1 is 0.642 bits per heavy atom. The lowest BCUT2D eigenvalue weighted by Crippen LogP contribution is -2.36. The first kappa shape index (κ1) is 44.9. The molecule has 0 atom stereocenters. The number of carbonyl (C=O) groups is 1. The number of ether oxygens (including phenoxy) is 2. The molecule has 1 amide bonds. The van der Waals surface area contributed by atoms with E-state index >= 15 is 0 Å². The number of anilines is 6. The summed E-state index contributed by atoms with van der Waals surface area (Å²) in [6.07, 6.45) is 3.43. The van der Waals surface area contributed by atoms with E-state index in [0.717, 1.165) is 114 Å². The van der Waals surface area contributed by atoms with Gasteiger partial charge in [0.15, 0.2) is 0 Å². The SMILES string of the molecule is NCCc1nc(-c2cc3cc[nH]c(=O)c3c(Nc3ccc(N4CCOCC4)cc3)n2)cs1.O=C(O)NCCc1nc(-c2cc3cc[nH]c(=O)c3c(Nc3ccc(N4CCOCC4)cc3)n2)cs1. The van der Waals surface area contributed by atoms with E-state index in [1.807, 2.05) is 71.4 Å². The highest BCUT2D eigenvalue weighted by Gasteiger charge is 2.17. The van der Waals surface area contributed by atoms with Crippen molar-refractivity contribution < 1.29 is 19.4 Å². The summed E-state index contributed by atoms with van der Waals surface area (Å²) in [5.74, 6) is 0.951. The molecule has 0 radical (unpaired) electrons. The number of pyridine rings is 4. The number of carboxylic acid groups (broad SMARTS) is 1. The Morgan fingerprint density at radius 2 is 1.09 bits per heavy atom. The number of nitrogens with two attached hydrogens (primary N) is 1. The Hall–Kier alpha value is -7.23. The lowest BCUT2D eigenvalue weighted by molar-refractivity contribution is 0.122. The summed E-state index contributed by atoms with van der Waals surface area (Å²) in [7, 11) is 0. The van der Waals surface area contributed by atoms with Gasteiger partial charge in [-0.3, -0.25) is 9.59 Å². The molecule has 8 aromatic rings. The number of benzene rings is 2. The lowest BCUT2D eigenvalue weighted by Gasteiger charge is -2.28. The van der Waals surface area contributed by atoms with Gasteiger partial charge in [-0.1, -0.05) is 0 Å². The smallest absolute Gasteiger partial charge is 0.404 e. The van der Waals surface area contributed by atoms with Gasteiger partial charge >= 0.3 is 6.09 Å². The Balaban J connectivity index is 0.000000169. The van der Waals surface area contributed by atoms with Crippen molar-refractivity contribution in [1.82, 2.24) is 35.2 Å². The number of morpholine rings is 2. The van der Waals surface area contributed by atoms with E-state index in [1.54, 1.807) is 23.7 Å². The molecule has 2 aromatic carbocycles. The van der Waals surface area contributed by atoms with E-state index in [1.165, 1.54) is 11.3 Å². The zero-order valence-electron chi connectivity index (χ0n) is 36.3. The highest BCUT2D eigenvalue weighted by atomic mass is 32.1. The van der Waals surface area contributed by atoms with E-state index in [-0.39, 0.29) is 17.7 Å². The number of fused-ring (bicyclic) bond motifs is 2. The summed E-state index contributed by atoms with van der Waals surface area (Å²) in [5.41, 5.74) is 12.0. The fourth-order valence-corrected chi connectivity index (χ4v) is 9.39. The second-order valence-electron chi connectivity index (χ2n) is 15.6. The van der Waals surface area contributed by atoms with Gasteiger partial charge in [0.25, 0.3) is 11.1 Å². The molecule has 6 aromatic heterocycles. The molecule has 0 spiro atoms. The first-order chi connectivity index (χ1) is 32.8. The molecule has 0 aliphatic carbocycles. The molecule has 0 saturated carbocycles. The average molecular weight is 941 g/mol. The number of hydrogen-bond donors (Lipinski definition) is 7. The van der Waals surface area contributed by atoms with Crippen LogP contribution in [0, 0.1) is 0 Å². The van der Waals surface area contributed by atoms with Gasteiger partial charge < -0.3 is 56.0 Å². The maximum absolute atomic E-state index is 12.7. The van der Waals surface area contributed by atoms with Crippen LogP contribution in [-0.4, -0.2) is 107 Å². The van der Waals surface area contributed by atoms with Crippen molar-refractivity contribution in [2.24, 2.45) is 5.73 Å². The quantitative estimate of drug-likeness (QED) is 0.0647. The first-order valence-electron chi connectivity index (χ1n) is 21.8. The summed E-state index contributed by atoms with van der Waals surface area (Å²) in [5, 5.41) is 25.9. The molecule has 2 fully saturated rings. The fourth-order valence-electron chi connectivity index (χ4n) is 7.79. The third-order valence-corrected chi connectivity index (χ3v) is 12.9. The van der Waals surface area contributed by atoms with Crippen LogP contribution >= 0.6 is 22.7 Å². The topological polar surface area (TPSA) is 242 Å². The van der Waals surface area contributed by atoms with Gasteiger partial charge in [-0.15, -0.1) is 22.7 Å². The van der Waals surface area contributed by atoms with Crippen molar-refractivity contribution in [2.75, 3.05) is 86.1 Å². The Kier molecular flexibility index (Phi) is 14.1. The summed E-state index contributed by atoms with van der Waals surface area (Å²) in [6.45, 7) is 7.27. The average Bonchev–Trinajstić information content (AvgIpc) is 4.03. The summed E-state index contributed by atoms with van der Waals surface area (Å²) in [4.78, 5) is 64.8. The molecule has 0 bridgehead atoms. The fraction of sp³-hybridized carbons (Fsp3) is 0.255. The number of amides is 1. The summed E-state index contributed by atoms with van der Waals surface area (Å²) in [6, 6.07) is 23.6. The molecule has 2 saturated heterocycles. The molecule has 2 aliphatic heterocycles. The van der Waals surface area contributed by atoms with Gasteiger partial charge in [0.2, 0.25) is 0 Å².